The summed E-state index contributed by atoms with van der Waals surface area (Å²) in [4.78, 5) is 15.4. The molecule has 1 N–H and O–H groups in total. The van der Waals surface area contributed by atoms with Crippen LogP contribution in [0.4, 0.5) is 0 Å². The van der Waals surface area contributed by atoms with Gasteiger partial charge in [-0.1, -0.05) is 61.5 Å². The maximum atomic E-state index is 12.9. The summed E-state index contributed by atoms with van der Waals surface area (Å²) in [5.74, 6) is -0.0536. The summed E-state index contributed by atoms with van der Waals surface area (Å²) >= 11 is 0. The molecule has 2 aromatic carbocycles. The van der Waals surface area contributed by atoms with E-state index in [2.05, 4.69) is 52.6 Å². The molecule has 1 fully saturated rings. The minimum absolute atomic E-state index is 0.0536. The quantitative estimate of drug-likeness (QED) is 0.619. The highest BCUT2D eigenvalue weighted by molar-refractivity contribution is 5.95. The van der Waals surface area contributed by atoms with Crippen molar-refractivity contribution in [2.75, 3.05) is 13.1 Å². The fourth-order valence-electron chi connectivity index (χ4n) is 4.20. The second-order valence-corrected chi connectivity index (χ2v) is 7.94. The fraction of sp³-hybridized carbons (Fsp3) is 0.360. The van der Waals surface area contributed by atoms with Crippen LogP contribution in [0.1, 0.15) is 52.5 Å². The molecule has 0 atom stereocenters. The molecule has 1 saturated heterocycles. The minimum Gasteiger partial charge on any atom is -0.348 e. The van der Waals surface area contributed by atoms with Crippen LogP contribution in [-0.2, 0) is 26.1 Å². The third-order valence-corrected chi connectivity index (χ3v) is 5.85. The summed E-state index contributed by atoms with van der Waals surface area (Å²) in [6, 6.07) is 18.6. The molecular formula is C25H30N4O. The van der Waals surface area contributed by atoms with Crippen LogP contribution in [0.15, 0.2) is 60.8 Å². The minimum atomic E-state index is -0.0536. The number of rotatable bonds is 8. The molecule has 156 valence electrons. The summed E-state index contributed by atoms with van der Waals surface area (Å²) < 4.78 is 1.94. The van der Waals surface area contributed by atoms with Gasteiger partial charge in [-0.3, -0.25) is 14.4 Å². The van der Waals surface area contributed by atoms with Gasteiger partial charge < -0.3 is 5.32 Å². The summed E-state index contributed by atoms with van der Waals surface area (Å²) in [6.07, 6.45) is 5.03. The Hall–Kier alpha value is -2.92. The van der Waals surface area contributed by atoms with Crippen molar-refractivity contribution in [1.82, 2.24) is 20.0 Å². The Bertz CT molecular complexity index is 974. The molecule has 0 radical (unpaired) electrons. The van der Waals surface area contributed by atoms with Crippen LogP contribution in [0.25, 0.3) is 0 Å². The molecule has 3 aromatic rings. The van der Waals surface area contributed by atoms with Crippen molar-refractivity contribution < 1.29 is 4.79 Å². The van der Waals surface area contributed by atoms with Gasteiger partial charge in [0.05, 0.1) is 24.0 Å². The van der Waals surface area contributed by atoms with Gasteiger partial charge in [-0.2, -0.15) is 5.10 Å². The van der Waals surface area contributed by atoms with Gasteiger partial charge in [0.2, 0.25) is 0 Å². The molecule has 0 saturated carbocycles. The van der Waals surface area contributed by atoms with Crippen LogP contribution in [0.3, 0.4) is 0 Å². The second-order valence-electron chi connectivity index (χ2n) is 7.94. The van der Waals surface area contributed by atoms with Gasteiger partial charge in [-0.25, -0.2) is 0 Å². The molecule has 1 aliphatic heterocycles. The molecule has 0 aliphatic carbocycles. The van der Waals surface area contributed by atoms with E-state index < -0.39 is 0 Å². The molecular weight excluding hydrogens is 372 g/mol. The van der Waals surface area contributed by atoms with E-state index in [1.165, 1.54) is 42.6 Å². The first-order chi connectivity index (χ1) is 14.7. The van der Waals surface area contributed by atoms with Crippen LogP contribution < -0.4 is 5.32 Å². The lowest BCUT2D eigenvalue weighted by molar-refractivity contribution is 0.0949. The number of carbonyl (C=O) groups excluding carboxylic acids is 1. The summed E-state index contributed by atoms with van der Waals surface area (Å²) in [7, 11) is 0. The highest BCUT2D eigenvalue weighted by Crippen LogP contribution is 2.17. The largest absolute Gasteiger partial charge is 0.348 e. The number of amides is 1. The van der Waals surface area contributed by atoms with Crippen LogP contribution in [-0.4, -0.2) is 33.7 Å². The van der Waals surface area contributed by atoms with Crippen molar-refractivity contribution in [2.45, 2.75) is 45.8 Å². The third-order valence-electron chi connectivity index (χ3n) is 5.85. The predicted octanol–water partition coefficient (Wildman–Crippen LogP) is 4.02. The van der Waals surface area contributed by atoms with Crippen molar-refractivity contribution in [3.8, 4) is 0 Å². The topological polar surface area (TPSA) is 50.2 Å². The molecule has 30 heavy (non-hydrogen) atoms. The van der Waals surface area contributed by atoms with Gasteiger partial charge in [0.1, 0.15) is 0 Å². The van der Waals surface area contributed by atoms with Crippen LogP contribution in [0, 0.1) is 0 Å². The SMILES string of the molecule is CCc1c(C(=O)NCc2ccccc2CN2CCCC2)cnn1Cc1ccccc1. The number of nitrogens with one attached hydrogen (secondary N) is 1. The number of hydrogen-bond acceptors (Lipinski definition) is 3. The van der Waals surface area contributed by atoms with Gasteiger partial charge in [0, 0.05) is 13.1 Å². The van der Waals surface area contributed by atoms with E-state index in [-0.39, 0.29) is 5.91 Å². The Kier molecular flexibility index (Phi) is 6.60. The van der Waals surface area contributed by atoms with Crippen molar-refractivity contribution in [2.24, 2.45) is 0 Å². The monoisotopic (exact) mass is 402 g/mol. The third kappa shape index (κ3) is 4.79. The zero-order chi connectivity index (χ0) is 20.8. The molecule has 4 rings (SSSR count). The lowest BCUT2D eigenvalue weighted by Crippen LogP contribution is -2.25. The number of nitrogens with zero attached hydrogens (tertiary/aromatic N) is 3. The molecule has 1 aliphatic rings. The number of likely N-dealkylation sites (tertiary alicyclic amines) is 1. The number of hydrogen-bond donors (Lipinski definition) is 1. The van der Waals surface area contributed by atoms with Crippen molar-refractivity contribution in [3.63, 3.8) is 0 Å². The zero-order valence-electron chi connectivity index (χ0n) is 17.7. The smallest absolute Gasteiger partial charge is 0.255 e. The van der Waals surface area contributed by atoms with E-state index in [0.29, 0.717) is 18.7 Å². The lowest BCUT2D eigenvalue weighted by atomic mass is 10.1. The highest BCUT2D eigenvalue weighted by atomic mass is 16.1. The number of aromatic nitrogens is 2. The standard InChI is InChI=1S/C25H30N4O/c1-2-24-23(17-27-29(24)18-20-10-4-3-5-11-20)25(30)26-16-21-12-6-7-13-22(21)19-28-14-8-9-15-28/h3-7,10-13,17H,2,8-9,14-16,18-19H2,1H3,(H,26,30). The molecule has 5 heteroatoms. The fourth-order valence-corrected chi connectivity index (χ4v) is 4.20. The molecule has 2 heterocycles. The van der Waals surface area contributed by atoms with Gasteiger partial charge >= 0.3 is 0 Å². The number of benzene rings is 2. The van der Waals surface area contributed by atoms with Crippen molar-refractivity contribution in [3.05, 3.63) is 88.7 Å². The first-order valence-corrected chi connectivity index (χ1v) is 10.9. The van der Waals surface area contributed by atoms with E-state index in [0.717, 1.165) is 18.7 Å². The Morgan fingerprint density at radius 2 is 1.67 bits per heavy atom. The van der Waals surface area contributed by atoms with Gasteiger partial charge in [-0.15, -0.1) is 0 Å². The van der Waals surface area contributed by atoms with Gasteiger partial charge in [0.15, 0.2) is 0 Å². The van der Waals surface area contributed by atoms with E-state index in [1.807, 2.05) is 28.9 Å². The normalized spacial score (nSPS) is 14.2. The Labute approximate surface area is 178 Å². The average Bonchev–Trinajstić information content (AvgIpc) is 3.43. The summed E-state index contributed by atoms with van der Waals surface area (Å²) in [5.41, 5.74) is 5.31. The lowest BCUT2D eigenvalue weighted by Gasteiger charge is -2.17. The first-order valence-electron chi connectivity index (χ1n) is 10.9. The highest BCUT2D eigenvalue weighted by Gasteiger charge is 2.17. The van der Waals surface area contributed by atoms with Crippen molar-refractivity contribution in [1.29, 1.82) is 0 Å². The Balaban J connectivity index is 1.43. The van der Waals surface area contributed by atoms with Crippen LogP contribution in [0.5, 0.6) is 0 Å². The predicted molar refractivity (Wildman–Crippen MR) is 119 cm³/mol. The molecule has 0 unspecified atom stereocenters. The number of carbonyl (C=O) groups is 1. The average molecular weight is 403 g/mol. The van der Waals surface area contributed by atoms with E-state index >= 15 is 0 Å². The molecule has 1 aromatic heterocycles. The summed E-state index contributed by atoms with van der Waals surface area (Å²) in [5, 5.41) is 7.62. The van der Waals surface area contributed by atoms with E-state index in [4.69, 9.17) is 0 Å². The maximum Gasteiger partial charge on any atom is 0.255 e. The van der Waals surface area contributed by atoms with Crippen LogP contribution >= 0.6 is 0 Å². The van der Waals surface area contributed by atoms with E-state index in [1.54, 1.807) is 6.20 Å². The first kappa shape index (κ1) is 20.4. The Morgan fingerprint density at radius 1 is 0.967 bits per heavy atom. The maximum absolute atomic E-state index is 12.9. The van der Waals surface area contributed by atoms with Gasteiger partial charge in [0.25, 0.3) is 5.91 Å². The molecule has 0 bridgehead atoms. The summed E-state index contributed by atoms with van der Waals surface area (Å²) in [6.45, 7) is 6.58. The Morgan fingerprint density at radius 3 is 2.40 bits per heavy atom. The molecule has 0 spiro atoms. The van der Waals surface area contributed by atoms with Crippen LogP contribution in [0.2, 0.25) is 0 Å². The molecule has 1 amide bonds. The second kappa shape index (κ2) is 9.72. The van der Waals surface area contributed by atoms with Gasteiger partial charge in [-0.05, 0) is 49.0 Å². The zero-order valence-corrected chi connectivity index (χ0v) is 17.7. The van der Waals surface area contributed by atoms with E-state index in [9.17, 15) is 4.79 Å². The van der Waals surface area contributed by atoms with Crippen molar-refractivity contribution >= 4 is 5.91 Å². The molecule has 5 nitrogen and oxygen atoms in total.